The Morgan fingerprint density at radius 1 is 0.964 bits per heavy atom. The molecule has 0 unspecified atom stereocenters. The van der Waals surface area contributed by atoms with Gasteiger partial charge in [0.2, 0.25) is 5.91 Å². The van der Waals surface area contributed by atoms with Crippen molar-refractivity contribution in [2.45, 2.75) is 57.7 Å². The van der Waals surface area contributed by atoms with E-state index in [1.165, 1.54) is 18.7 Å². The molecule has 4 amide bonds. The van der Waals surface area contributed by atoms with Crippen molar-refractivity contribution in [2.75, 3.05) is 5.75 Å². The third-order valence-electron chi connectivity index (χ3n) is 3.22. The molecule has 1 rings (SSSR count). The molecule has 0 aliphatic carbocycles. The zero-order valence-corrected chi connectivity index (χ0v) is 17.5. The van der Waals surface area contributed by atoms with Crippen molar-refractivity contribution in [3.63, 3.8) is 0 Å². The lowest BCUT2D eigenvalue weighted by atomic mass is 10.2. The number of ether oxygens (including phenoxy) is 1. The SMILES string of the molecule is CC(C)NC(=O)CSc1ccccc1C(=O)O[C@H](C)C(=O)NC(=O)NC(C)C. The Morgan fingerprint density at radius 2 is 1.57 bits per heavy atom. The summed E-state index contributed by atoms with van der Waals surface area (Å²) in [6.45, 7) is 8.61. The fourth-order valence-electron chi connectivity index (χ4n) is 2.06. The first-order valence-electron chi connectivity index (χ1n) is 8.93. The first kappa shape index (κ1) is 23.5. The van der Waals surface area contributed by atoms with Gasteiger partial charge in [-0.1, -0.05) is 12.1 Å². The molecule has 0 aliphatic rings. The summed E-state index contributed by atoms with van der Waals surface area (Å²) in [5.74, 6) is -1.44. The van der Waals surface area contributed by atoms with Gasteiger partial charge in [0, 0.05) is 17.0 Å². The van der Waals surface area contributed by atoms with Gasteiger partial charge in [-0.2, -0.15) is 0 Å². The number of imide groups is 1. The molecule has 8 nitrogen and oxygen atoms in total. The summed E-state index contributed by atoms with van der Waals surface area (Å²) in [4.78, 5) is 48.4. The minimum absolute atomic E-state index is 0.0283. The van der Waals surface area contributed by atoms with E-state index in [1.807, 2.05) is 13.8 Å². The predicted octanol–water partition coefficient (Wildman–Crippen LogP) is 2.08. The van der Waals surface area contributed by atoms with E-state index in [4.69, 9.17) is 4.74 Å². The summed E-state index contributed by atoms with van der Waals surface area (Å²) in [6.07, 6.45) is -1.16. The van der Waals surface area contributed by atoms with E-state index in [2.05, 4.69) is 16.0 Å². The highest BCUT2D eigenvalue weighted by Gasteiger charge is 2.22. The molecule has 154 valence electrons. The second-order valence-electron chi connectivity index (χ2n) is 6.67. The van der Waals surface area contributed by atoms with Gasteiger partial charge in [0.25, 0.3) is 5.91 Å². The van der Waals surface area contributed by atoms with Crippen molar-refractivity contribution in [2.24, 2.45) is 0 Å². The fraction of sp³-hybridized carbons (Fsp3) is 0.474. The van der Waals surface area contributed by atoms with Gasteiger partial charge in [0.15, 0.2) is 6.10 Å². The first-order valence-corrected chi connectivity index (χ1v) is 9.92. The Bertz CT molecular complexity index is 721. The van der Waals surface area contributed by atoms with Crippen LogP contribution in [0.3, 0.4) is 0 Å². The van der Waals surface area contributed by atoms with E-state index < -0.39 is 24.0 Å². The third kappa shape index (κ3) is 8.43. The van der Waals surface area contributed by atoms with E-state index in [9.17, 15) is 19.2 Å². The maximum Gasteiger partial charge on any atom is 0.340 e. The molecule has 0 saturated carbocycles. The first-order chi connectivity index (χ1) is 13.1. The molecule has 1 aromatic rings. The van der Waals surface area contributed by atoms with Crippen LogP contribution in [0.4, 0.5) is 4.79 Å². The van der Waals surface area contributed by atoms with Crippen molar-refractivity contribution >= 4 is 35.6 Å². The Kier molecular flexibility index (Phi) is 9.50. The molecule has 3 N–H and O–H groups in total. The zero-order chi connectivity index (χ0) is 21.3. The number of rotatable bonds is 8. The highest BCUT2D eigenvalue weighted by Crippen LogP contribution is 2.23. The molecule has 9 heteroatoms. The number of carbonyl (C=O) groups excluding carboxylic acids is 4. The molecule has 0 spiro atoms. The van der Waals surface area contributed by atoms with Gasteiger partial charge in [-0.15, -0.1) is 11.8 Å². The van der Waals surface area contributed by atoms with Gasteiger partial charge in [-0.25, -0.2) is 9.59 Å². The Morgan fingerprint density at radius 3 is 2.18 bits per heavy atom. The molecule has 0 radical (unpaired) electrons. The number of amides is 4. The summed E-state index contributed by atoms with van der Waals surface area (Å²) in [6, 6.07) is 5.89. The van der Waals surface area contributed by atoms with Crippen LogP contribution >= 0.6 is 11.8 Å². The second-order valence-corrected chi connectivity index (χ2v) is 7.69. The number of benzene rings is 1. The number of hydrogen-bond donors (Lipinski definition) is 3. The number of nitrogens with one attached hydrogen (secondary N) is 3. The number of urea groups is 1. The summed E-state index contributed by atoms with van der Waals surface area (Å²) in [5.41, 5.74) is 0.246. The Labute approximate surface area is 169 Å². The largest absolute Gasteiger partial charge is 0.449 e. The van der Waals surface area contributed by atoms with Crippen LogP contribution in [0, 0.1) is 0 Å². The number of thioether (sulfide) groups is 1. The van der Waals surface area contributed by atoms with Gasteiger partial charge in [0.1, 0.15) is 0 Å². The van der Waals surface area contributed by atoms with Crippen molar-refractivity contribution in [3.05, 3.63) is 29.8 Å². The van der Waals surface area contributed by atoms with Crippen LogP contribution in [0.2, 0.25) is 0 Å². The molecule has 1 aromatic carbocycles. The normalized spacial score (nSPS) is 11.7. The van der Waals surface area contributed by atoms with Crippen LogP contribution in [0.1, 0.15) is 45.0 Å². The zero-order valence-electron chi connectivity index (χ0n) is 16.7. The van der Waals surface area contributed by atoms with E-state index in [0.29, 0.717) is 4.90 Å². The molecule has 0 bridgehead atoms. The van der Waals surface area contributed by atoms with Gasteiger partial charge in [-0.3, -0.25) is 14.9 Å². The number of hydrogen-bond acceptors (Lipinski definition) is 6. The van der Waals surface area contributed by atoms with Crippen LogP contribution in [0.15, 0.2) is 29.2 Å². The van der Waals surface area contributed by atoms with E-state index in [-0.39, 0.29) is 29.3 Å². The van der Waals surface area contributed by atoms with Crippen LogP contribution < -0.4 is 16.0 Å². The molecule has 0 saturated heterocycles. The molecule has 1 atom stereocenters. The maximum absolute atomic E-state index is 12.4. The van der Waals surface area contributed by atoms with Gasteiger partial charge in [-0.05, 0) is 46.8 Å². The molecular weight excluding hydrogens is 382 g/mol. The minimum atomic E-state index is -1.16. The summed E-state index contributed by atoms with van der Waals surface area (Å²) in [7, 11) is 0. The Hall–Kier alpha value is -2.55. The van der Waals surface area contributed by atoms with Crippen LogP contribution in [-0.2, 0) is 14.3 Å². The lowest BCUT2D eigenvalue weighted by Gasteiger charge is -2.15. The Balaban J connectivity index is 2.70. The van der Waals surface area contributed by atoms with Crippen molar-refractivity contribution in [1.82, 2.24) is 16.0 Å². The molecule has 0 aromatic heterocycles. The van der Waals surface area contributed by atoms with E-state index in [0.717, 1.165) is 0 Å². The predicted molar refractivity (Wildman–Crippen MR) is 107 cm³/mol. The maximum atomic E-state index is 12.4. The van der Waals surface area contributed by atoms with Crippen molar-refractivity contribution in [1.29, 1.82) is 0 Å². The van der Waals surface area contributed by atoms with Gasteiger partial charge < -0.3 is 15.4 Å². The van der Waals surface area contributed by atoms with Gasteiger partial charge >= 0.3 is 12.0 Å². The van der Waals surface area contributed by atoms with Crippen molar-refractivity contribution < 1.29 is 23.9 Å². The molecular formula is C19H27N3O5S. The monoisotopic (exact) mass is 409 g/mol. The third-order valence-corrected chi connectivity index (χ3v) is 4.30. The number of carbonyl (C=O) groups is 4. The molecule has 0 heterocycles. The summed E-state index contributed by atoms with van der Waals surface area (Å²) < 4.78 is 5.17. The average Bonchev–Trinajstić information content (AvgIpc) is 2.58. The quantitative estimate of drug-likeness (QED) is 0.447. The fourth-order valence-corrected chi connectivity index (χ4v) is 2.91. The lowest BCUT2D eigenvalue weighted by molar-refractivity contribution is -0.128. The molecule has 28 heavy (non-hydrogen) atoms. The van der Waals surface area contributed by atoms with Gasteiger partial charge in [0.05, 0.1) is 11.3 Å². The molecule has 0 aliphatic heterocycles. The summed E-state index contributed by atoms with van der Waals surface area (Å²) in [5, 5.41) is 7.40. The topological polar surface area (TPSA) is 114 Å². The highest BCUT2D eigenvalue weighted by molar-refractivity contribution is 8.00. The smallest absolute Gasteiger partial charge is 0.340 e. The van der Waals surface area contributed by atoms with Crippen LogP contribution in [-0.4, -0.2) is 47.8 Å². The molecule has 0 fully saturated rings. The van der Waals surface area contributed by atoms with E-state index in [1.54, 1.807) is 38.1 Å². The summed E-state index contributed by atoms with van der Waals surface area (Å²) >= 11 is 1.20. The van der Waals surface area contributed by atoms with Crippen LogP contribution in [0.25, 0.3) is 0 Å². The minimum Gasteiger partial charge on any atom is -0.449 e. The number of esters is 1. The highest BCUT2D eigenvalue weighted by atomic mass is 32.2. The second kappa shape index (κ2) is 11.3. The van der Waals surface area contributed by atoms with Crippen molar-refractivity contribution in [3.8, 4) is 0 Å². The van der Waals surface area contributed by atoms with E-state index >= 15 is 0 Å². The lowest BCUT2D eigenvalue weighted by Crippen LogP contribution is -2.46. The van der Waals surface area contributed by atoms with Crippen LogP contribution in [0.5, 0.6) is 0 Å². The average molecular weight is 410 g/mol. The standard InChI is InChI=1S/C19H27N3O5S/c1-11(2)20-16(23)10-28-15-9-7-6-8-14(15)18(25)27-13(5)17(24)22-19(26)21-12(3)4/h6-9,11-13H,10H2,1-5H3,(H,20,23)(H2,21,22,24,26)/t13-/m1/s1.